The Kier molecular flexibility index (Phi) is 2.39. The second-order valence-corrected chi connectivity index (χ2v) is 5.43. The van der Waals surface area contributed by atoms with Gasteiger partial charge in [0.15, 0.2) is 0 Å². The average Bonchev–Trinajstić information content (AvgIpc) is 2.99. The van der Waals surface area contributed by atoms with Gasteiger partial charge in [-0.3, -0.25) is 0 Å². The molecule has 0 aliphatic carbocycles. The highest BCUT2D eigenvalue weighted by atomic mass is 35.5. The maximum atomic E-state index is 6.13. The third kappa shape index (κ3) is 1.67. The fourth-order valence-corrected chi connectivity index (χ4v) is 3.19. The molecule has 1 atom stereocenters. The summed E-state index contributed by atoms with van der Waals surface area (Å²) in [5.41, 5.74) is 3.54. The summed E-state index contributed by atoms with van der Waals surface area (Å²) < 4.78 is 2.34. The lowest BCUT2D eigenvalue weighted by molar-refractivity contribution is 0.637. The maximum Gasteiger partial charge on any atom is 0.110 e. The Labute approximate surface area is 116 Å². The van der Waals surface area contributed by atoms with Crippen molar-refractivity contribution in [2.75, 3.05) is 0 Å². The number of benzene rings is 2. The van der Waals surface area contributed by atoms with Crippen LogP contribution in [0.3, 0.4) is 0 Å². The van der Waals surface area contributed by atoms with Crippen molar-refractivity contribution in [3.8, 4) is 0 Å². The van der Waals surface area contributed by atoms with Gasteiger partial charge in [0.2, 0.25) is 0 Å². The molecule has 1 unspecified atom stereocenters. The number of imidazole rings is 1. The predicted molar refractivity (Wildman–Crippen MR) is 77.6 cm³/mol. The first-order chi connectivity index (χ1) is 9.33. The number of fused-ring (bicyclic) bond motifs is 3. The lowest BCUT2D eigenvalue weighted by atomic mass is 10.0. The normalized spacial score (nSPS) is 17.8. The number of hydrogen-bond donors (Lipinski definition) is 0. The van der Waals surface area contributed by atoms with Gasteiger partial charge in [-0.15, -0.1) is 0 Å². The molecule has 19 heavy (non-hydrogen) atoms. The van der Waals surface area contributed by atoms with Crippen molar-refractivity contribution < 1.29 is 0 Å². The fourth-order valence-electron chi connectivity index (χ4n) is 3.03. The molecule has 0 radical (unpaired) electrons. The van der Waals surface area contributed by atoms with E-state index in [2.05, 4.69) is 34.9 Å². The van der Waals surface area contributed by atoms with Gasteiger partial charge in [0.05, 0.1) is 17.1 Å². The molecular formula is C16H13ClN2. The van der Waals surface area contributed by atoms with Gasteiger partial charge in [-0.2, -0.15) is 0 Å². The second kappa shape index (κ2) is 4.10. The summed E-state index contributed by atoms with van der Waals surface area (Å²) >= 11 is 6.13. The van der Waals surface area contributed by atoms with E-state index in [-0.39, 0.29) is 0 Å². The van der Waals surface area contributed by atoms with Gasteiger partial charge in [0, 0.05) is 11.4 Å². The van der Waals surface area contributed by atoms with Crippen molar-refractivity contribution in [1.29, 1.82) is 0 Å². The third-order valence-electron chi connectivity index (χ3n) is 3.86. The van der Waals surface area contributed by atoms with Crippen LogP contribution in [0.15, 0.2) is 48.5 Å². The minimum absolute atomic E-state index is 0.389. The molecule has 0 N–H and O–H groups in total. The Morgan fingerprint density at radius 2 is 1.95 bits per heavy atom. The molecule has 4 rings (SSSR count). The maximum absolute atomic E-state index is 6.13. The molecule has 2 nitrogen and oxygen atoms in total. The Balaban J connectivity index is 1.94. The molecule has 94 valence electrons. The molecule has 0 saturated carbocycles. The van der Waals surface area contributed by atoms with Gasteiger partial charge in [0.25, 0.3) is 0 Å². The van der Waals surface area contributed by atoms with Gasteiger partial charge < -0.3 is 4.57 Å². The zero-order valence-electron chi connectivity index (χ0n) is 10.4. The molecule has 0 amide bonds. The van der Waals surface area contributed by atoms with Gasteiger partial charge >= 0.3 is 0 Å². The lowest BCUT2D eigenvalue weighted by Gasteiger charge is -2.14. The van der Waals surface area contributed by atoms with E-state index in [1.54, 1.807) is 0 Å². The molecule has 1 aromatic heterocycles. The number of aromatic nitrogens is 2. The molecule has 1 aliphatic rings. The van der Waals surface area contributed by atoms with E-state index in [0.717, 1.165) is 28.9 Å². The summed E-state index contributed by atoms with van der Waals surface area (Å²) in [5, 5.41) is 0.772. The predicted octanol–water partition coefficient (Wildman–Crippen LogP) is 4.23. The van der Waals surface area contributed by atoms with Crippen LogP contribution >= 0.6 is 11.6 Å². The summed E-state index contributed by atoms with van der Waals surface area (Å²) in [4.78, 5) is 4.71. The zero-order valence-corrected chi connectivity index (χ0v) is 11.1. The number of nitrogens with zero attached hydrogens (tertiary/aromatic N) is 2. The summed E-state index contributed by atoms with van der Waals surface area (Å²) in [6, 6.07) is 17.0. The van der Waals surface area contributed by atoms with Crippen LogP contribution in [0.5, 0.6) is 0 Å². The summed E-state index contributed by atoms with van der Waals surface area (Å²) in [6.45, 7) is 0. The topological polar surface area (TPSA) is 17.8 Å². The molecule has 0 spiro atoms. The van der Waals surface area contributed by atoms with Crippen LogP contribution < -0.4 is 0 Å². The van der Waals surface area contributed by atoms with E-state index in [4.69, 9.17) is 16.6 Å². The highest BCUT2D eigenvalue weighted by molar-refractivity contribution is 6.31. The molecule has 2 heterocycles. The van der Waals surface area contributed by atoms with Crippen LogP contribution in [-0.2, 0) is 6.42 Å². The lowest BCUT2D eigenvalue weighted by Crippen LogP contribution is -2.05. The third-order valence-corrected chi connectivity index (χ3v) is 4.10. The van der Waals surface area contributed by atoms with Crippen LogP contribution in [0.4, 0.5) is 0 Å². The van der Waals surface area contributed by atoms with Crippen LogP contribution in [0.2, 0.25) is 5.02 Å². The van der Waals surface area contributed by atoms with Crippen molar-refractivity contribution in [2.24, 2.45) is 0 Å². The molecular weight excluding hydrogens is 256 g/mol. The Hall–Kier alpha value is -1.80. The van der Waals surface area contributed by atoms with Gasteiger partial charge in [-0.1, -0.05) is 41.9 Å². The van der Waals surface area contributed by atoms with E-state index in [9.17, 15) is 0 Å². The number of aryl methyl sites for hydroxylation is 1. The van der Waals surface area contributed by atoms with Crippen molar-refractivity contribution in [2.45, 2.75) is 18.9 Å². The molecule has 0 fully saturated rings. The highest BCUT2D eigenvalue weighted by Gasteiger charge is 2.26. The largest absolute Gasteiger partial charge is 0.320 e. The van der Waals surface area contributed by atoms with Crippen LogP contribution in [-0.4, -0.2) is 9.55 Å². The van der Waals surface area contributed by atoms with Crippen molar-refractivity contribution in [3.63, 3.8) is 0 Å². The minimum Gasteiger partial charge on any atom is -0.320 e. The smallest absolute Gasteiger partial charge is 0.110 e. The SMILES string of the molecule is Clc1ccc2nc3n(c2c1)C(c1ccccc1)CC3. The molecule has 1 aliphatic heterocycles. The number of rotatable bonds is 1. The monoisotopic (exact) mass is 268 g/mol. The van der Waals surface area contributed by atoms with E-state index < -0.39 is 0 Å². The van der Waals surface area contributed by atoms with E-state index >= 15 is 0 Å². The van der Waals surface area contributed by atoms with Crippen LogP contribution in [0.1, 0.15) is 23.9 Å². The Morgan fingerprint density at radius 3 is 2.79 bits per heavy atom. The average molecular weight is 269 g/mol. The first kappa shape index (κ1) is 11.1. The molecule has 0 saturated heterocycles. The minimum atomic E-state index is 0.389. The molecule has 3 heteroatoms. The first-order valence-electron chi connectivity index (χ1n) is 6.54. The van der Waals surface area contributed by atoms with Crippen LogP contribution in [0.25, 0.3) is 11.0 Å². The van der Waals surface area contributed by atoms with E-state index in [0.29, 0.717) is 6.04 Å². The molecule has 0 bridgehead atoms. The van der Waals surface area contributed by atoms with Crippen molar-refractivity contribution in [3.05, 3.63) is 64.9 Å². The Morgan fingerprint density at radius 1 is 1.11 bits per heavy atom. The second-order valence-electron chi connectivity index (χ2n) is 5.00. The van der Waals surface area contributed by atoms with Crippen molar-refractivity contribution >= 4 is 22.6 Å². The summed E-state index contributed by atoms with van der Waals surface area (Å²) in [6.07, 6.45) is 2.15. The number of halogens is 1. The van der Waals surface area contributed by atoms with E-state index in [1.165, 1.54) is 11.4 Å². The summed E-state index contributed by atoms with van der Waals surface area (Å²) in [5.74, 6) is 1.17. The van der Waals surface area contributed by atoms with Crippen LogP contribution in [0, 0.1) is 0 Å². The Bertz CT molecular complexity index is 746. The van der Waals surface area contributed by atoms with Gasteiger partial charge in [0.1, 0.15) is 5.82 Å². The summed E-state index contributed by atoms with van der Waals surface area (Å²) in [7, 11) is 0. The van der Waals surface area contributed by atoms with Gasteiger partial charge in [-0.25, -0.2) is 4.98 Å². The zero-order chi connectivity index (χ0) is 12.8. The first-order valence-corrected chi connectivity index (χ1v) is 6.92. The standard InChI is InChI=1S/C16H13ClN2/c17-12-6-7-13-15(10-12)19-14(8-9-16(19)18-13)11-4-2-1-3-5-11/h1-7,10,14H,8-9H2. The highest BCUT2D eigenvalue weighted by Crippen LogP contribution is 2.35. The van der Waals surface area contributed by atoms with Gasteiger partial charge in [-0.05, 0) is 30.2 Å². The molecule has 2 aromatic carbocycles. The van der Waals surface area contributed by atoms with E-state index in [1.807, 2.05) is 18.2 Å². The quantitative estimate of drug-likeness (QED) is 0.646. The molecule has 3 aromatic rings. The number of hydrogen-bond acceptors (Lipinski definition) is 1. The van der Waals surface area contributed by atoms with Crippen molar-refractivity contribution in [1.82, 2.24) is 9.55 Å². The fraction of sp³-hybridized carbons (Fsp3) is 0.188.